The Morgan fingerprint density at radius 1 is 1.37 bits per heavy atom. The molecule has 2 saturated heterocycles. The molecule has 2 bridgehead atoms. The predicted octanol–water partition coefficient (Wildman–Crippen LogP) is 2.67. The molecule has 2 aliphatic heterocycles. The smallest absolute Gasteiger partial charge is 0.0935 e. The fourth-order valence-corrected chi connectivity index (χ4v) is 4.11. The first-order chi connectivity index (χ1) is 9.28. The Hall–Kier alpha value is -0.800. The van der Waals surface area contributed by atoms with Crippen molar-refractivity contribution in [3.05, 3.63) is 24.2 Å². The largest absolute Gasteiger partial charge is 0.472 e. The van der Waals surface area contributed by atoms with Gasteiger partial charge in [-0.15, -0.1) is 0 Å². The number of fused-ring (bicyclic) bond motifs is 2. The fourth-order valence-electron chi connectivity index (χ4n) is 4.11. The van der Waals surface area contributed by atoms with Gasteiger partial charge in [0, 0.05) is 18.1 Å². The second-order valence-corrected chi connectivity index (χ2v) is 6.28. The molecule has 2 fully saturated rings. The minimum atomic E-state index is 0.611. The summed E-state index contributed by atoms with van der Waals surface area (Å²) in [5.41, 5.74) is 1.33. The van der Waals surface area contributed by atoms with Crippen molar-refractivity contribution in [2.45, 2.75) is 57.2 Å². The Morgan fingerprint density at radius 3 is 2.68 bits per heavy atom. The molecule has 3 unspecified atom stereocenters. The van der Waals surface area contributed by atoms with Crippen LogP contribution in [-0.2, 0) is 6.42 Å². The molecule has 3 heteroatoms. The molecule has 3 nitrogen and oxygen atoms in total. The summed E-state index contributed by atoms with van der Waals surface area (Å²) in [6, 6.07) is 4.37. The van der Waals surface area contributed by atoms with Crippen molar-refractivity contribution in [2.24, 2.45) is 5.92 Å². The Kier molecular flexibility index (Phi) is 3.94. The van der Waals surface area contributed by atoms with Crippen molar-refractivity contribution in [3.8, 4) is 0 Å². The van der Waals surface area contributed by atoms with Crippen molar-refractivity contribution in [1.82, 2.24) is 10.2 Å². The standard InChI is InChI=1S/C16H26N2O/c1-3-17-16(8-12-6-7-19-11-12)13-9-14-4-5-15(10-13)18(14)2/h6-7,11,13-17H,3-5,8-10H2,1-2H3. The first-order valence-corrected chi connectivity index (χ1v) is 7.74. The summed E-state index contributed by atoms with van der Waals surface area (Å²) < 4.78 is 5.22. The zero-order valence-electron chi connectivity index (χ0n) is 12.1. The molecular formula is C16H26N2O. The SMILES string of the molecule is CCNC(Cc1ccoc1)C1CC2CCC(C1)N2C. The lowest BCUT2D eigenvalue weighted by Crippen LogP contribution is -2.47. The highest BCUT2D eigenvalue weighted by Crippen LogP contribution is 2.39. The van der Waals surface area contributed by atoms with Gasteiger partial charge in [-0.3, -0.25) is 0 Å². The molecule has 1 aromatic heterocycles. The fraction of sp³-hybridized carbons (Fsp3) is 0.750. The molecule has 3 rings (SSSR count). The van der Waals surface area contributed by atoms with Gasteiger partial charge in [-0.1, -0.05) is 6.92 Å². The number of likely N-dealkylation sites (N-methyl/N-ethyl adjacent to an activating group) is 1. The van der Waals surface area contributed by atoms with Crippen LogP contribution in [0.1, 0.15) is 38.2 Å². The molecule has 0 spiro atoms. The average Bonchev–Trinajstić information content (AvgIpc) is 2.95. The molecule has 1 N–H and O–H groups in total. The van der Waals surface area contributed by atoms with E-state index in [9.17, 15) is 0 Å². The van der Waals surface area contributed by atoms with Gasteiger partial charge in [0.1, 0.15) is 0 Å². The zero-order chi connectivity index (χ0) is 13.2. The van der Waals surface area contributed by atoms with Gasteiger partial charge in [-0.25, -0.2) is 0 Å². The quantitative estimate of drug-likeness (QED) is 0.884. The summed E-state index contributed by atoms with van der Waals surface area (Å²) in [6.45, 7) is 3.27. The summed E-state index contributed by atoms with van der Waals surface area (Å²) in [6.07, 6.45) is 10.3. The van der Waals surface area contributed by atoms with Crippen LogP contribution in [0.4, 0.5) is 0 Å². The maximum absolute atomic E-state index is 5.22. The van der Waals surface area contributed by atoms with E-state index in [0.717, 1.165) is 31.0 Å². The van der Waals surface area contributed by atoms with Crippen LogP contribution in [0.3, 0.4) is 0 Å². The van der Waals surface area contributed by atoms with Crippen LogP contribution in [0.25, 0.3) is 0 Å². The summed E-state index contributed by atoms with van der Waals surface area (Å²) in [5.74, 6) is 0.823. The van der Waals surface area contributed by atoms with Gasteiger partial charge in [-0.05, 0) is 63.2 Å². The molecule has 0 saturated carbocycles. The Morgan fingerprint density at radius 2 is 2.11 bits per heavy atom. The van der Waals surface area contributed by atoms with Gasteiger partial charge in [-0.2, -0.15) is 0 Å². The van der Waals surface area contributed by atoms with Crippen molar-refractivity contribution < 1.29 is 4.42 Å². The maximum atomic E-state index is 5.22. The van der Waals surface area contributed by atoms with Gasteiger partial charge in [0.15, 0.2) is 0 Å². The number of piperidine rings is 1. The second-order valence-electron chi connectivity index (χ2n) is 6.28. The highest BCUT2D eigenvalue weighted by Gasteiger charge is 2.40. The van der Waals surface area contributed by atoms with Gasteiger partial charge < -0.3 is 14.6 Å². The Labute approximate surface area is 116 Å². The molecule has 2 aliphatic rings. The lowest BCUT2D eigenvalue weighted by Gasteiger charge is -2.40. The number of hydrogen-bond donors (Lipinski definition) is 1. The van der Waals surface area contributed by atoms with E-state index in [1.165, 1.54) is 31.2 Å². The van der Waals surface area contributed by atoms with Crippen LogP contribution in [0.5, 0.6) is 0 Å². The molecule has 3 atom stereocenters. The van der Waals surface area contributed by atoms with Crippen LogP contribution in [0.15, 0.2) is 23.0 Å². The summed E-state index contributed by atoms with van der Waals surface area (Å²) in [4.78, 5) is 2.62. The zero-order valence-corrected chi connectivity index (χ0v) is 12.1. The minimum absolute atomic E-state index is 0.611. The van der Waals surface area contributed by atoms with E-state index < -0.39 is 0 Å². The van der Waals surface area contributed by atoms with Crippen molar-refractivity contribution in [1.29, 1.82) is 0 Å². The predicted molar refractivity (Wildman–Crippen MR) is 77.2 cm³/mol. The first-order valence-electron chi connectivity index (χ1n) is 7.74. The summed E-state index contributed by atoms with van der Waals surface area (Å²) in [5, 5.41) is 3.71. The normalized spacial score (nSPS) is 32.6. The molecule has 1 aromatic rings. The molecular weight excluding hydrogens is 236 g/mol. The monoisotopic (exact) mass is 262 g/mol. The minimum Gasteiger partial charge on any atom is -0.472 e. The number of rotatable bonds is 5. The third-order valence-corrected chi connectivity index (χ3v) is 5.21. The van der Waals surface area contributed by atoms with Crippen LogP contribution in [0, 0.1) is 5.92 Å². The highest BCUT2D eigenvalue weighted by atomic mass is 16.3. The lowest BCUT2D eigenvalue weighted by molar-refractivity contribution is 0.112. The number of nitrogens with zero attached hydrogens (tertiary/aromatic N) is 1. The first kappa shape index (κ1) is 13.2. The van der Waals surface area contributed by atoms with Crippen LogP contribution in [-0.4, -0.2) is 36.6 Å². The van der Waals surface area contributed by atoms with Crippen LogP contribution < -0.4 is 5.32 Å². The molecule has 3 heterocycles. The Balaban J connectivity index is 1.67. The van der Waals surface area contributed by atoms with Gasteiger partial charge in [0.05, 0.1) is 12.5 Å². The molecule has 0 aliphatic carbocycles. The van der Waals surface area contributed by atoms with Crippen molar-refractivity contribution in [3.63, 3.8) is 0 Å². The number of nitrogens with one attached hydrogen (secondary N) is 1. The highest BCUT2D eigenvalue weighted by molar-refractivity contribution is 5.09. The van der Waals surface area contributed by atoms with E-state index in [1.807, 2.05) is 6.26 Å². The summed E-state index contributed by atoms with van der Waals surface area (Å²) in [7, 11) is 2.32. The van der Waals surface area contributed by atoms with Gasteiger partial charge in [0.25, 0.3) is 0 Å². The maximum Gasteiger partial charge on any atom is 0.0935 e. The topological polar surface area (TPSA) is 28.4 Å². The number of furan rings is 1. The van der Waals surface area contributed by atoms with E-state index in [0.29, 0.717) is 6.04 Å². The van der Waals surface area contributed by atoms with E-state index >= 15 is 0 Å². The van der Waals surface area contributed by atoms with Crippen LogP contribution >= 0.6 is 0 Å². The Bertz CT molecular complexity index is 375. The van der Waals surface area contributed by atoms with E-state index in [1.54, 1.807) is 6.26 Å². The van der Waals surface area contributed by atoms with Gasteiger partial charge >= 0.3 is 0 Å². The van der Waals surface area contributed by atoms with Crippen molar-refractivity contribution >= 4 is 0 Å². The molecule has 19 heavy (non-hydrogen) atoms. The van der Waals surface area contributed by atoms with E-state index in [2.05, 4.69) is 30.3 Å². The lowest BCUT2D eigenvalue weighted by atomic mass is 9.83. The molecule has 0 amide bonds. The third kappa shape index (κ3) is 2.72. The van der Waals surface area contributed by atoms with E-state index in [4.69, 9.17) is 4.42 Å². The second kappa shape index (κ2) is 5.68. The third-order valence-electron chi connectivity index (χ3n) is 5.21. The molecule has 0 aromatic carbocycles. The van der Waals surface area contributed by atoms with E-state index in [-0.39, 0.29) is 0 Å². The molecule has 106 valence electrons. The average molecular weight is 262 g/mol. The summed E-state index contributed by atoms with van der Waals surface area (Å²) >= 11 is 0. The van der Waals surface area contributed by atoms with Crippen LogP contribution in [0.2, 0.25) is 0 Å². The number of hydrogen-bond acceptors (Lipinski definition) is 3. The van der Waals surface area contributed by atoms with Gasteiger partial charge in [0.2, 0.25) is 0 Å². The van der Waals surface area contributed by atoms with Crippen molar-refractivity contribution in [2.75, 3.05) is 13.6 Å². The molecule has 0 radical (unpaired) electrons.